The molecule has 0 spiro atoms. The van der Waals surface area contributed by atoms with E-state index in [0.717, 1.165) is 0 Å². The van der Waals surface area contributed by atoms with Crippen LogP contribution >= 0.6 is 0 Å². The van der Waals surface area contributed by atoms with Crippen molar-refractivity contribution in [3.05, 3.63) is 0 Å². The molecule has 0 unspecified atom stereocenters. The Morgan fingerprint density at radius 2 is 2.25 bits per heavy atom. The number of hydrogen-bond donors (Lipinski definition) is 2. The van der Waals surface area contributed by atoms with Gasteiger partial charge in [0.15, 0.2) is 0 Å². The Kier molecular flexibility index (Phi) is 2.65. The molecule has 0 aromatic heterocycles. The normalized spacial score (nSPS) is 28.4. The van der Waals surface area contributed by atoms with Gasteiger partial charge in [-0.1, -0.05) is 0 Å². The summed E-state index contributed by atoms with van der Waals surface area (Å²) in [6, 6.07) is -0.575. The van der Waals surface area contributed by atoms with Crippen LogP contribution in [0.25, 0.3) is 0 Å². The van der Waals surface area contributed by atoms with Gasteiger partial charge in [-0.2, -0.15) is 0 Å². The van der Waals surface area contributed by atoms with E-state index < -0.39 is 12.0 Å². The fourth-order valence-electron chi connectivity index (χ4n) is 1.22. The van der Waals surface area contributed by atoms with Gasteiger partial charge in [0.2, 0.25) is 0 Å². The molecule has 1 saturated heterocycles. The minimum atomic E-state index is -0.898. The number of carboxylic acids is 1. The first-order valence-electron chi connectivity index (χ1n) is 3.73. The van der Waals surface area contributed by atoms with Gasteiger partial charge in [0, 0.05) is 19.9 Å². The molecule has 1 aliphatic rings. The predicted octanol–water partition coefficient (Wildman–Crippen LogP) is -0.635. The maximum absolute atomic E-state index is 10.5. The van der Waals surface area contributed by atoms with Gasteiger partial charge in [0.1, 0.15) is 12.1 Å². The second kappa shape index (κ2) is 3.53. The molecular weight excluding hydrogens is 162 g/mol. The lowest BCUT2D eigenvalue weighted by atomic mass is 10.2. The number of aliphatic carboxylic acids is 1. The zero-order valence-electron chi connectivity index (χ0n) is 6.74. The molecule has 0 aromatic rings. The van der Waals surface area contributed by atoms with Gasteiger partial charge in [-0.15, -0.1) is 0 Å². The first-order chi connectivity index (χ1) is 5.59. The summed E-state index contributed by atoms with van der Waals surface area (Å²) in [7, 11) is 0. The summed E-state index contributed by atoms with van der Waals surface area (Å²) in [5.41, 5.74) is 0. The van der Waals surface area contributed by atoms with Gasteiger partial charge in [-0.3, -0.25) is 9.59 Å². The molecule has 0 saturated carbocycles. The summed E-state index contributed by atoms with van der Waals surface area (Å²) in [5.74, 6) is -1.27. The summed E-state index contributed by atoms with van der Waals surface area (Å²) < 4.78 is 4.83. The number of ether oxygens (including phenoxy) is 1. The summed E-state index contributed by atoms with van der Waals surface area (Å²) in [5, 5.41) is 11.3. The maximum atomic E-state index is 10.5. The van der Waals surface area contributed by atoms with Crippen LogP contribution in [-0.4, -0.2) is 35.7 Å². The van der Waals surface area contributed by atoms with Crippen LogP contribution in [0.5, 0.6) is 0 Å². The van der Waals surface area contributed by atoms with Gasteiger partial charge >= 0.3 is 11.9 Å². The Morgan fingerprint density at radius 3 is 2.67 bits per heavy atom. The highest BCUT2D eigenvalue weighted by Crippen LogP contribution is 2.10. The van der Waals surface area contributed by atoms with Gasteiger partial charge in [-0.05, 0) is 0 Å². The first kappa shape index (κ1) is 8.99. The van der Waals surface area contributed by atoms with Crippen LogP contribution in [0.4, 0.5) is 0 Å². The Labute approximate surface area is 69.7 Å². The van der Waals surface area contributed by atoms with Crippen molar-refractivity contribution in [2.75, 3.05) is 6.54 Å². The van der Waals surface area contributed by atoms with E-state index in [1.807, 2.05) is 0 Å². The smallest absolute Gasteiger partial charge is 0.320 e. The minimum absolute atomic E-state index is 0.288. The molecule has 2 atom stereocenters. The van der Waals surface area contributed by atoms with Crippen LogP contribution in [0.1, 0.15) is 13.3 Å². The molecule has 0 bridgehead atoms. The maximum Gasteiger partial charge on any atom is 0.320 e. The van der Waals surface area contributed by atoms with E-state index in [2.05, 4.69) is 5.32 Å². The number of nitrogens with one attached hydrogen (secondary N) is 1. The van der Waals surface area contributed by atoms with Crippen molar-refractivity contribution < 1.29 is 19.4 Å². The third kappa shape index (κ3) is 2.20. The quantitative estimate of drug-likeness (QED) is 0.543. The standard InChI is InChI=1S/C7H11NO4/c1-4(9)12-5-2-6(7(10)11)8-3-5/h5-6,8H,2-3H2,1H3,(H,10,11)/t5-,6+/m1/s1. The molecule has 1 rings (SSSR count). The van der Waals surface area contributed by atoms with Gasteiger partial charge in [0.05, 0.1) is 0 Å². The summed E-state index contributed by atoms with van der Waals surface area (Å²) >= 11 is 0. The van der Waals surface area contributed by atoms with Gasteiger partial charge in [-0.25, -0.2) is 0 Å². The molecule has 0 radical (unpaired) electrons. The lowest BCUT2D eigenvalue weighted by Gasteiger charge is -2.07. The molecule has 0 aliphatic carbocycles. The molecule has 1 heterocycles. The van der Waals surface area contributed by atoms with E-state index in [9.17, 15) is 9.59 Å². The number of hydrogen-bond acceptors (Lipinski definition) is 4. The molecule has 5 heteroatoms. The van der Waals surface area contributed by atoms with Crippen molar-refractivity contribution in [2.24, 2.45) is 0 Å². The number of carbonyl (C=O) groups excluding carboxylic acids is 1. The number of esters is 1. The molecule has 68 valence electrons. The second-order valence-corrected chi connectivity index (χ2v) is 2.77. The lowest BCUT2D eigenvalue weighted by molar-refractivity contribution is -0.146. The predicted molar refractivity (Wildman–Crippen MR) is 39.6 cm³/mol. The Balaban J connectivity index is 2.35. The van der Waals surface area contributed by atoms with Crippen LogP contribution in [0, 0.1) is 0 Å². The highest BCUT2D eigenvalue weighted by Gasteiger charge is 2.30. The number of carboxylic acid groups (broad SMARTS) is 1. The Morgan fingerprint density at radius 1 is 1.58 bits per heavy atom. The molecular formula is C7H11NO4. The van der Waals surface area contributed by atoms with Crippen LogP contribution in [0.3, 0.4) is 0 Å². The van der Waals surface area contributed by atoms with E-state index in [0.29, 0.717) is 13.0 Å². The average Bonchev–Trinajstić information content (AvgIpc) is 2.34. The summed E-state index contributed by atoms with van der Waals surface area (Å²) in [4.78, 5) is 20.9. The number of carbonyl (C=O) groups is 2. The topological polar surface area (TPSA) is 75.6 Å². The summed E-state index contributed by atoms with van der Waals surface area (Å²) in [6.07, 6.45) is 0.0677. The zero-order valence-corrected chi connectivity index (χ0v) is 6.74. The van der Waals surface area contributed by atoms with Crippen LogP contribution in [0.15, 0.2) is 0 Å². The molecule has 1 fully saturated rings. The molecule has 12 heavy (non-hydrogen) atoms. The largest absolute Gasteiger partial charge is 0.480 e. The second-order valence-electron chi connectivity index (χ2n) is 2.77. The molecule has 2 N–H and O–H groups in total. The van der Waals surface area contributed by atoms with Crippen molar-refractivity contribution in [3.8, 4) is 0 Å². The van der Waals surface area contributed by atoms with E-state index in [1.54, 1.807) is 0 Å². The van der Waals surface area contributed by atoms with Crippen LogP contribution < -0.4 is 5.32 Å². The van der Waals surface area contributed by atoms with Crippen molar-refractivity contribution in [1.29, 1.82) is 0 Å². The van der Waals surface area contributed by atoms with Crippen molar-refractivity contribution in [2.45, 2.75) is 25.5 Å². The highest BCUT2D eigenvalue weighted by molar-refractivity contribution is 5.74. The van der Waals surface area contributed by atoms with Crippen LogP contribution in [-0.2, 0) is 14.3 Å². The molecule has 1 aliphatic heterocycles. The molecule has 0 aromatic carbocycles. The zero-order chi connectivity index (χ0) is 9.14. The third-order valence-corrected chi connectivity index (χ3v) is 1.72. The molecule has 5 nitrogen and oxygen atoms in total. The third-order valence-electron chi connectivity index (χ3n) is 1.72. The average molecular weight is 173 g/mol. The lowest BCUT2D eigenvalue weighted by Crippen LogP contribution is -2.29. The SMILES string of the molecule is CC(=O)O[C@H]1CN[C@H](C(=O)O)C1. The number of rotatable bonds is 2. The minimum Gasteiger partial charge on any atom is -0.480 e. The van der Waals surface area contributed by atoms with E-state index in [4.69, 9.17) is 9.84 Å². The first-order valence-corrected chi connectivity index (χ1v) is 3.73. The van der Waals surface area contributed by atoms with E-state index >= 15 is 0 Å². The van der Waals surface area contributed by atoms with E-state index in [-0.39, 0.29) is 12.1 Å². The Hall–Kier alpha value is -1.10. The highest BCUT2D eigenvalue weighted by atomic mass is 16.5. The van der Waals surface area contributed by atoms with Gasteiger partial charge < -0.3 is 15.2 Å². The van der Waals surface area contributed by atoms with Gasteiger partial charge in [0.25, 0.3) is 0 Å². The fourth-order valence-corrected chi connectivity index (χ4v) is 1.22. The van der Waals surface area contributed by atoms with Crippen molar-refractivity contribution in [1.82, 2.24) is 5.32 Å². The van der Waals surface area contributed by atoms with Crippen molar-refractivity contribution in [3.63, 3.8) is 0 Å². The van der Waals surface area contributed by atoms with Crippen molar-refractivity contribution >= 4 is 11.9 Å². The summed E-state index contributed by atoms with van der Waals surface area (Å²) in [6.45, 7) is 1.74. The molecule has 0 amide bonds. The Bertz CT molecular complexity index is 204. The van der Waals surface area contributed by atoms with E-state index in [1.165, 1.54) is 6.92 Å². The monoisotopic (exact) mass is 173 g/mol. The van der Waals surface area contributed by atoms with Crippen LogP contribution in [0.2, 0.25) is 0 Å². The fraction of sp³-hybridized carbons (Fsp3) is 0.714.